The number of aryl methyl sites for hydroxylation is 1. The van der Waals surface area contributed by atoms with Crippen molar-refractivity contribution in [2.75, 3.05) is 5.32 Å². The molecule has 0 spiro atoms. The number of hydrogen-bond acceptors (Lipinski definition) is 4. The molecule has 0 atom stereocenters. The SMILES string of the molecule is CC(=O)c1cnc(NC2CC2)nc1C. The van der Waals surface area contributed by atoms with Gasteiger partial charge in [-0.25, -0.2) is 9.97 Å². The number of anilines is 1. The van der Waals surface area contributed by atoms with Gasteiger partial charge >= 0.3 is 0 Å². The lowest BCUT2D eigenvalue weighted by atomic mass is 10.2. The lowest BCUT2D eigenvalue weighted by molar-refractivity contribution is 0.101. The fourth-order valence-corrected chi connectivity index (χ4v) is 1.29. The highest BCUT2D eigenvalue weighted by molar-refractivity contribution is 5.94. The van der Waals surface area contributed by atoms with Crippen molar-refractivity contribution >= 4 is 11.7 Å². The molecule has 1 aliphatic carbocycles. The molecule has 0 bridgehead atoms. The van der Waals surface area contributed by atoms with E-state index in [1.54, 1.807) is 6.20 Å². The van der Waals surface area contributed by atoms with E-state index < -0.39 is 0 Å². The first-order valence-electron chi connectivity index (χ1n) is 4.78. The standard InChI is InChI=1S/C10H13N3O/c1-6-9(7(2)14)5-11-10(12-6)13-8-3-4-8/h5,8H,3-4H2,1-2H3,(H,11,12,13). The van der Waals surface area contributed by atoms with Gasteiger partial charge in [-0.2, -0.15) is 0 Å². The molecular weight excluding hydrogens is 178 g/mol. The van der Waals surface area contributed by atoms with Gasteiger partial charge in [0.05, 0.1) is 11.3 Å². The zero-order chi connectivity index (χ0) is 10.1. The second-order valence-electron chi connectivity index (χ2n) is 3.67. The van der Waals surface area contributed by atoms with Crippen LogP contribution in [0, 0.1) is 6.92 Å². The molecule has 2 rings (SSSR count). The molecule has 74 valence electrons. The average Bonchev–Trinajstić information content (AvgIpc) is 2.87. The van der Waals surface area contributed by atoms with E-state index in [1.807, 2.05) is 6.92 Å². The highest BCUT2D eigenvalue weighted by Gasteiger charge is 2.22. The molecule has 1 aliphatic rings. The van der Waals surface area contributed by atoms with Crippen LogP contribution in [-0.4, -0.2) is 21.8 Å². The molecule has 1 aromatic rings. The van der Waals surface area contributed by atoms with Crippen LogP contribution in [0.25, 0.3) is 0 Å². The summed E-state index contributed by atoms with van der Waals surface area (Å²) in [6, 6.07) is 0.539. The third kappa shape index (κ3) is 1.89. The van der Waals surface area contributed by atoms with E-state index in [-0.39, 0.29) is 5.78 Å². The van der Waals surface area contributed by atoms with Gasteiger partial charge in [-0.05, 0) is 26.7 Å². The summed E-state index contributed by atoms with van der Waals surface area (Å²) in [6.07, 6.45) is 3.98. The quantitative estimate of drug-likeness (QED) is 0.737. The molecule has 14 heavy (non-hydrogen) atoms. The number of carbonyl (C=O) groups excluding carboxylic acids is 1. The maximum atomic E-state index is 11.1. The van der Waals surface area contributed by atoms with E-state index in [9.17, 15) is 4.79 Å². The minimum Gasteiger partial charge on any atom is -0.351 e. The molecule has 1 fully saturated rings. The number of carbonyl (C=O) groups is 1. The molecule has 1 aromatic heterocycles. The summed E-state index contributed by atoms with van der Waals surface area (Å²) in [4.78, 5) is 19.4. The Morgan fingerprint density at radius 2 is 2.29 bits per heavy atom. The van der Waals surface area contributed by atoms with Gasteiger partial charge in [0.25, 0.3) is 0 Å². The predicted octanol–water partition coefficient (Wildman–Crippen LogP) is 1.56. The van der Waals surface area contributed by atoms with Crippen LogP contribution < -0.4 is 5.32 Å². The van der Waals surface area contributed by atoms with E-state index in [1.165, 1.54) is 19.8 Å². The summed E-state index contributed by atoms with van der Waals surface area (Å²) in [6.45, 7) is 3.36. The zero-order valence-electron chi connectivity index (χ0n) is 8.37. The molecule has 1 N–H and O–H groups in total. The Morgan fingerprint density at radius 3 is 2.79 bits per heavy atom. The minimum atomic E-state index is 0.0143. The lowest BCUT2D eigenvalue weighted by Gasteiger charge is -2.05. The van der Waals surface area contributed by atoms with Crippen LogP contribution in [0.2, 0.25) is 0 Å². The van der Waals surface area contributed by atoms with Gasteiger partial charge in [-0.1, -0.05) is 0 Å². The van der Waals surface area contributed by atoms with Gasteiger partial charge in [0.15, 0.2) is 5.78 Å². The Labute approximate surface area is 82.8 Å². The Bertz CT molecular complexity index is 372. The molecule has 1 heterocycles. The van der Waals surface area contributed by atoms with Gasteiger partial charge in [-0.15, -0.1) is 0 Å². The Kier molecular flexibility index (Phi) is 2.19. The number of aromatic nitrogens is 2. The van der Waals surface area contributed by atoms with Crippen molar-refractivity contribution in [2.45, 2.75) is 32.7 Å². The van der Waals surface area contributed by atoms with Crippen LogP contribution >= 0.6 is 0 Å². The molecule has 0 aromatic carbocycles. The fourth-order valence-electron chi connectivity index (χ4n) is 1.29. The molecule has 0 radical (unpaired) electrons. The molecule has 0 amide bonds. The molecular formula is C10H13N3O. The van der Waals surface area contributed by atoms with E-state index in [0.717, 1.165) is 5.69 Å². The third-order valence-corrected chi connectivity index (χ3v) is 2.27. The Balaban J connectivity index is 2.20. The van der Waals surface area contributed by atoms with Gasteiger partial charge < -0.3 is 5.32 Å². The van der Waals surface area contributed by atoms with Crippen LogP contribution in [0.4, 0.5) is 5.95 Å². The monoisotopic (exact) mass is 191 g/mol. The second-order valence-corrected chi connectivity index (χ2v) is 3.67. The number of nitrogens with zero attached hydrogens (tertiary/aromatic N) is 2. The summed E-state index contributed by atoms with van der Waals surface area (Å²) in [5.41, 5.74) is 1.35. The number of ketones is 1. The van der Waals surface area contributed by atoms with Gasteiger partial charge in [0.1, 0.15) is 0 Å². The zero-order valence-corrected chi connectivity index (χ0v) is 8.37. The summed E-state index contributed by atoms with van der Waals surface area (Å²) in [5, 5.41) is 3.19. The largest absolute Gasteiger partial charge is 0.351 e. The van der Waals surface area contributed by atoms with Crippen LogP contribution in [0.1, 0.15) is 35.8 Å². The smallest absolute Gasteiger partial charge is 0.223 e. The van der Waals surface area contributed by atoms with E-state index in [0.29, 0.717) is 17.6 Å². The van der Waals surface area contributed by atoms with Crippen LogP contribution in [0.3, 0.4) is 0 Å². The van der Waals surface area contributed by atoms with Gasteiger partial charge in [-0.3, -0.25) is 4.79 Å². The Morgan fingerprint density at radius 1 is 1.57 bits per heavy atom. The summed E-state index contributed by atoms with van der Waals surface area (Å²) in [7, 11) is 0. The number of hydrogen-bond donors (Lipinski definition) is 1. The average molecular weight is 191 g/mol. The third-order valence-electron chi connectivity index (χ3n) is 2.27. The first-order valence-corrected chi connectivity index (χ1v) is 4.78. The summed E-state index contributed by atoms with van der Waals surface area (Å²) in [5.74, 6) is 0.649. The van der Waals surface area contributed by atoms with E-state index in [2.05, 4.69) is 15.3 Å². The fraction of sp³-hybridized carbons (Fsp3) is 0.500. The highest BCUT2D eigenvalue weighted by Crippen LogP contribution is 2.23. The predicted molar refractivity (Wildman–Crippen MR) is 53.4 cm³/mol. The number of nitrogens with one attached hydrogen (secondary N) is 1. The number of rotatable bonds is 3. The topological polar surface area (TPSA) is 54.9 Å². The molecule has 4 heteroatoms. The van der Waals surface area contributed by atoms with Gasteiger partial charge in [0.2, 0.25) is 5.95 Å². The van der Waals surface area contributed by atoms with Crippen LogP contribution in [0.15, 0.2) is 6.20 Å². The van der Waals surface area contributed by atoms with Crippen LogP contribution in [-0.2, 0) is 0 Å². The minimum absolute atomic E-state index is 0.0143. The van der Waals surface area contributed by atoms with E-state index in [4.69, 9.17) is 0 Å². The van der Waals surface area contributed by atoms with Crippen molar-refractivity contribution in [1.29, 1.82) is 0 Å². The Hall–Kier alpha value is -1.45. The summed E-state index contributed by atoms with van der Waals surface area (Å²) >= 11 is 0. The van der Waals surface area contributed by atoms with Crippen molar-refractivity contribution in [2.24, 2.45) is 0 Å². The number of Topliss-reactive ketones (excluding diaryl/α,β-unsaturated/α-hetero) is 1. The maximum absolute atomic E-state index is 11.1. The van der Waals surface area contributed by atoms with Crippen molar-refractivity contribution in [3.63, 3.8) is 0 Å². The van der Waals surface area contributed by atoms with E-state index >= 15 is 0 Å². The van der Waals surface area contributed by atoms with Crippen molar-refractivity contribution < 1.29 is 4.79 Å². The lowest BCUT2D eigenvalue weighted by Crippen LogP contribution is -2.08. The van der Waals surface area contributed by atoms with Crippen molar-refractivity contribution in [1.82, 2.24) is 9.97 Å². The van der Waals surface area contributed by atoms with Crippen molar-refractivity contribution in [3.05, 3.63) is 17.5 Å². The van der Waals surface area contributed by atoms with Crippen LogP contribution in [0.5, 0.6) is 0 Å². The van der Waals surface area contributed by atoms with Gasteiger partial charge in [0, 0.05) is 12.2 Å². The molecule has 1 saturated carbocycles. The normalized spacial score (nSPS) is 15.3. The second kappa shape index (κ2) is 3.36. The molecule has 0 saturated heterocycles. The molecule has 0 aliphatic heterocycles. The highest BCUT2D eigenvalue weighted by atomic mass is 16.1. The molecule has 0 unspecified atom stereocenters. The first kappa shape index (κ1) is 9.12. The summed E-state index contributed by atoms with van der Waals surface area (Å²) < 4.78 is 0. The molecule has 4 nitrogen and oxygen atoms in total. The first-order chi connectivity index (χ1) is 6.66. The maximum Gasteiger partial charge on any atom is 0.223 e. The van der Waals surface area contributed by atoms with Crippen molar-refractivity contribution in [3.8, 4) is 0 Å².